The second-order valence-electron chi connectivity index (χ2n) is 5.09. The molecular formula is C14H22ClN. The zero-order chi connectivity index (χ0) is 12.3. The number of benzene rings is 1. The maximum absolute atomic E-state index is 6.23. The third kappa shape index (κ3) is 3.41. The van der Waals surface area contributed by atoms with Gasteiger partial charge in [-0.3, -0.25) is 0 Å². The van der Waals surface area contributed by atoms with Gasteiger partial charge in [-0.05, 0) is 43.9 Å². The zero-order valence-corrected chi connectivity index (χ0v) is 11.7. The van der Waals surface area contributed by atoms with Crippen molar-refractivity contribution in [2.75, 3.05) is 11.9 Å². The Kier molecular flexibility index (Phi) is 4.67. The molecule has 0 bridgehead atoms. The Morgan fingerprint density at radius 3 is 2.31 bits per heavy atom. The summed E-state index contributed by atoms with van der Waals surface area (Å²) in [5.41, 5.74) is 2.50. The molecule has 2 heteroatoms. The minimum atomic E-state index is 0.465. The highest BCUT2D eigenvalue weighted by Gasteiger charge is 2.10. The van der Waals surface area contributed by atoms with E-state index in [1.165, 1.54) is 5.56 Å². The third-order valence-corrected chi connectivity index (χ3v) is 3.13. The van der Waals surface area contributed by atoms with E-state index in [9.17, 15) is 0 Å². The predicted octanol–water partition coefficient (Wildman–Crippen LogP) is 4.38. The smallest absolute Gasteiger partial charge is 0.0639 e. The van der Waals surface area contributed by atoms with Crippen molar-refractivity contribution in [3.8, 4) is 0 Å². The van der Waals surface area contributed by atoms with E-state index in [2.05, 4.69) is 51.8 Å². The van der Waals surface area contributed by atoms with Crippen LogP contribution in [0.15, 0.2) is 18.2 Å². The summed E-state index contributed by atoms with van der Waals surface area (Å²) in [6, 6.07) is 6.81. The van der Waals surface area contributed by atoms with Gasteiger partial charge in [-0.1, -0.05) is 31.5 Å². The first-order valence-electron chi connectivity index (χ1n) is 5.93. The molecule has 0 aliphatic carbocycles. The molecule has 1 aromatic rings. The van der Waals surface area contributed by atoms with Crippen LogP contribution in [0.4, 0.5) is 5.69 Å². The number of anilines is 1. The van der Waals surface area contributed by atoms with Crippen molar-refractivity contribution >= 4 is 17.3 Å². The maximum Gasteiger partial charge on any atom is 0.0639 e. The van der Waals surface area contributed by atoms with Crippen LogP contribution in [0.25, 0.3) is 0 Å². The van der Waals surface area contributed by atoms with Crippen LogP contribution < -0.4 is 4.90 Å². The van der Waals surface area contributed by atoms with Crippen LogP contribution in [0.3, 0.4) is 0 Å². The molecule has 1 aromatic carbocycles. The van der Waals surface area contributed by atoms with Crippen molar-refractivity contribution in [1.82, 2.24) is 0 Å². The first-order valence-corrected chi connectivity index (χ1v) is 6.31. The van der Waals surface area contributed by atoms with E-state index in [4.69, 9.17) is 11.6 Å². The Labute approximate surface area is 104 Å². The van der Waals surface area contributed by atoms with Crippen LogP contribution >= 0.6 is 11.6 Å². The molecule has 0 spiro atoms. The van der Waals surface area contributed by atoms with E-state index < -0.39 is 0 Å². The van der Waals surface area contributed by atoms with Gasteiger partial charge >= 0.3 is 0 Å². The monoisotopic (exact) mass is 239 g/mol. The number of halogens is 1. The summed E-state index contributed by atoms with van der Waals surface area (Å²) in [7, 11) is 2.09. The van der Waals surface area contributed by atoms with Gasteiger partial charge in [0.2, 0.25) is 0 Å². The van der Waals surface area contributed by atoms with Gasteiger partial charge < -0.3 is 4.90 Å². The Bertz CT molecular complexity index is 345. The predicted molar refractivity (Wildman–Crippen MR) is 73.5 cm³/mol. The molecule has 0 atom stereocenters. The molecular weight excluding hydrogens is 218 g/mol. The molecule has 0 fully saturated rings. The molecule has 16 heavy (non-hydrogen) atoms. The number of rotatable bonds is 4. The Morgan fingerprint density at radius 1 is 1.19 bits per heavy atom. The molecule has 0 amide bonds. The lowest BCUT2D eigenvalue weighted by atomic mass is 10.0. The van der Waals surface area contributed by atoms with E-state index in [1.54, 1.807) is 0 Å². The lowest BCUT2D eigenvalue weighted by Gasteiger charge is -2.25. The van der Waals surface area contributed by atoms with Crippen molar-refractivity contribution in [3.63, 3.8) is 0 Å². The molecule has 0 heterocycles. The van der Waals surface area contributed by atoms with Gasteiger partial charge in [-0.15, -0.1) is 0 Å². The summed E-state index contributed by atoms with van der Waals surface area (Å²) in [5.74, 6) is 0.679. The van der Waals surface area contributed by atoms with E-state index >= 15 is 0 Å². The number of hydrogen-bond acceptors (Lipinski definition) is 1. The van der Waals surface area contributed by atoms with Gasteiger partial charge in [0.1, 0.15) is 0 Å². The van der Waals surface area contributed by atoms with Crippen molar-refractivity contribution in [2.24, 2.45) is 5.92 Å². The minimum absolute atomic E-state index is 0.465. The van der Waals surface area contributed by atoms with Crippen LogP contribution in [0.5, 0.6) is 0 Å². The van der Waals surface area contributed by atoms with E-state index in [0.29, 0.717) is 12.0 Å². The van der Waals surface area contributed by atoms with E-state index in [-0.39, 0.29) is 0 Å². The molecule has 0 aromatic heterocycles. The Morgan fingerprint density at radius 2 is 1.81 bits per heavy atom. The fourth-order valence-corrected chi connectivity index (χ4v) is 1.96. The Hall–Kier alpha value is -0.690. The molecule has 90 valence electrons. The zero-order valence-electron chi connectivity index (χ0n) is 10.9. The second-order valence-corrected chi connectivity index (χ2v) is 5.50. The molecule has 0 aliphatic heterocycles. The Balaban J connectivity index is 2.99. The highest BCUT2D eigenvalue weighted by atomic mass is 35.5. The van der Waals surface area contributed by atoms with Crippen molar-refractivity contribution in [2.45, 2.75) is 40.2 Å². The molecule has 0 radical (unpaired) electrons. The van der Waals surface area contributed by atoms with E-state index in [1.807, 2.05) is 6.07 Å². The number of nitrogens with zero attached hydrogens (tertiary/aromatic N) is 1. The summed E-state index contributed by atoms with van der Waals surface area (Å²) in [4.78, 5) is 2.21. The first-order chi connectivity index (χ1) is 7.41. The van der Waals surface area contributed by atoms with Gasteiger partial charge in [-0.2, -0.15) is 0 Å². The van der Waals surface area contributed by atoms with Crippen LogP contribution in [-0.4, -0.2) is 13.1 Å². The average molecular weight is 240 g/mol. The first kappa shape index (κ1) is 13.4. The second kappa shape index (κ2) is 5.58. The average Bonchev–Trinajstić information content (AvgIpc) is 2.19. The van der Waals surface area contributed by atoms with Gasteiger partial charge in [0.25, 0.3) is 0 Å². The van der Waals surface area contributed by atoms with Crippen LogP contribution in [0, 0.1) is 5.92 Å². The molecule has 0 saturated heterocycles. The summed E-state index contributed by atoms with van der Waals surface area (Å²) < 4.78 is 0. The molecule has 0 unspecified atom stereocenters. The maximum atomic E-state index is 6.23. The highest BCUT2D eigenvalue weighted by Crippen LogP contribution is 2.28. The summed E-state index contributed by atoms with van der Waals surface area (Å²) >= 11 is 6.23. The molecule has 0 saturated carbocycles. The van der Waals surface area contributed by atoms with Crippen LogP contribution in [0.1, 0.15) is 33.3 Å². The van der Waals surface area contributed by atoms with Crippen LogP contribution in [-0.2, 0) is 6.42 Å². The third-order valence-electron chi connectivity index (χ3n) is 2.81. The fourth-order valence-electron chi connectivity index (χ4n) is 1.71. The standard InChI is InChI=1S/C14H22ClN/c1-10(2)8-12-6-7-13(15)14(9-12)16(5)11(3)4/h6-7,9-11H,8H2,1-5H3. The van der Waals surface area contributed by atoms with Gasteiger partial charge in [-0.25, -0.2) is 0 Å². The van der Waals surface area contributed by atoms with Gasteiger partial charge in [0, 0.05) is 13.1 Å². The SMILES string of the molecule is CC(C)Cc1ccc(Cl)c(N(C)C(C)C)c1. The van der Waals surface area contributed by atoms with Crippen molar-refractivity contribution < 1.29 is 0 Å². The topological polar surface area (TPSA) is 3.24 Å². The number of hydrogen-bond donors (Lipinski definition) is 0. The largest absolute Gasteiger partial charge is 0.371 e. The lowest BCUT2D eigenvalue weighted by Crippen LogP contribution is -2.26. The van der Waals surface area contributed by atoms with Crippen molar-refractivity contribution in [3.05, 3.63) is 28.8 Å². The highest BCUT2D eigenvalue weighted by molar-refractivity contribution is 6.33. The summed E-state index contributed by atoms with van der Waals surface area (Å²) in [6.07, 6.45) is 1.11. The van der Waals surface area contributed by atoms with Crippen LogP contribution in [0.2, 0.25) is 5.02 Å². The molecule has 0 aliphatic rings. The van der Waals surface area contributed by atoms with E-state index in [0.717, 1.165) is 17.1 Å². The molecule has 1 rings (SSSR count). The quantitative estimate of drug-likeness (QED) is 0.754. The normalized spacial score (nSPS) is 11.2. The van der Waals surface area contributed by atoms with Gasteiger partial charge in [0.15, 0.2) is 0 Å². The minimum Gasteiger partial charge on any atom is -0.371 e. The molecule has 1 nitrogen and oxygen atoms in total. The molecule has 0 N–H and O–H groups in total. The fraction of sp³-hybridized carbons (Fsp3) is 0.571. The summed E-state index contributed by atoms with van der Waals surface area (Å²) in [5, 5.41) is 0.837. The van der Waals surface area contributed by atoms with Crippen molar-refractivity contribution in [1.29, 1.82) is 0 Å². The lowest BCUT2D eigenvalue weighted by molar-refractivity contribution is 0.646. The summed E-state index contributed by atoms with van der Waals surface area (Å²) in [6.45, 7) is 8.82. The van der Waals surface area contributed by atoms with Gasteiger partial charge in [0.05, 0.1) is 10.7 Å².